The number of ether oxygens (including phenoxy) is 1. The number of halogens is 1. The first-order valence-electron chi connectivity index (χ1n) is 7.95. The molecular weight excluding hydrogens is 423 g/mol. The molecule has 0 bridgehead atoms. The van der Waals surface area contributed by atoms with E-state index in [9.17, 15) is 0 Å². The molecule has 0 spiro atoms. The lowest BCUT2D eigenvalue weighted by Gasteiger charge is -2.42. The fraction of sp³-hybridized carbons (Fsp3) is 0.750. The van der Waals surface area contributed by atoms with E-state index in [1.807, 2.05) is 7.05 Å². The van der Waals surface area contributed by atoms with Crippen LogP contribution in [0.25, 0.3) is 0 Å². The van der Waals surface area contributed by atoms with Gasteiger partial charge < -0.3 is 15.4 Å². The number of thiazole rings is 1. The molecule has 0 saturated heterocycles. The van der Waals surface area contributed by atoms with Crippen molar-refractivity contribution in [1.82, 2.24) is 15.6 Å². The van der Waals surface area contributed by atoms with Crippen molar-refractivity contribution in [3.63, 3.8) is 0 Å². The van der Waals surface area contributed by atoms with E-state index in [0.29, 0.717) is 5.41 Å². The summed E-state index contributed by atoms with van der Waals surface area (Å²) in [4.78, 5) is 10.1. The summed E-state index contributed by atoms with van der Waals surface area (Å²) in [5.74, 6) is 0.856. The third-order valence-corrected chi connectivity index (χ3v) is 5.66. The second-order valence-electron chi connectivity index (χ2n) is 6.12. The normalized spacial score (nSPS) is 16.4. The maximum atomic E-state index is 5.24. The van der Waals surface area contributed by atoms with Gasteiger partial charge >= 0.3 is 0 Å². The van der Waals surface area contributed by atoms with Crippen LogP contribution < -0.4 is 10.6 Å². The number of nitrogens with zero attached hydrogens (tertiary/aromatic N) is 2. The zero-order valence-electron chi connectivity index (χ0n) is 14.6. The Labute approximate surface area is 160 Å². The molecule has 0 radical (unpaired) electrons. The van der Waals surface area contributed by atoms with Gasteiger partial charge in [-0.05, 0) is 38.5 Å². The molecule has 23 heavy (non-hydrogen) atoms. The number of guanidine groups is 1. The number of hydrogen-bond acceptors (Lipinski definition) is 4. The van der Waals surface area contributed by atoms with Crippen molar-refractivity contribution in [2.45, 2.75) is 46.1 Å². The van der Waals surface area contributed by atoms with E-state index in [-0.39, 0.29) is 24.0 Å². The molecule has 2 N–H and O–H groups in total. The highest BCUT2D eigenvalue weighted by atomic mass is 127. The SMILES string of the molecule is CN=C(NCc1nc(C)c(C)s1)NCC1(CCOC)CCC1.I. The zero-order valence-corrected chi connectivity index (χ0v) is 17.7. The quantitative estimate of drug-likeness (QED) is 0.379. The molecule has 1 heterocycles. The Balaban J connectivity index is 0.00000264. The molecular formula is C16H29IN4OS. The standard InChI is InChI=1S/C16H28N4OS.HI/c1-12-13(2)22-14(20-12)10-18-15(17-3)19-11-16(6-5-7-16)8-9-21-4;/h5-11H2,1-4H3,(H2,17,18,19);1H. The maximum absolute atomic E-state index is 5.24. The molecule has 1 aromatic rings. The van der Waals surface area contributed by atoms with Crippen LogP contribution in [0.4, 0.5) is 0 Å². The average Bonchev–Trinajstić information content (AvgIpc) is 2.79. The second kappa shape index (κ2) is 9.78. The van der Waals surface area contributed by atoms with Crippen molar-refractivity contribution in [3.05, 3.63) is 15.6 Å². The van der Waals surface area contributed by atoms with Gasteiger partial charge in [0.05, 0.1) is 12.2 Å². The summed E-state index contributed by atoms with van der Waals surface area (Å²) in [7, 11) is 3.59. The van der Waals surface area contributed by atoms with Gasteiger partial charge in [-0.25, -0.2) is 4.98 Å². The minimum absolute atomic E-state index is 0. The summed E-state index contributed by atoms with van der Waals surface area (Å²) >= 11 is 1.74. The van der Waals surface area contributed by atoms with E-state index >= 15 is 0 Å². The predicted molar refractivity (Wildman–Crippen MR) is 108 cm³/mol. The van der Waals surface area contributed by atoms with Gasteiger partial charge in [-0.3, -0.25) is 4.99 Å². The van der Waals surface area contributed by atoms with E-state index in [4.69, 9.17) is 4.74 Å². The van der Waals surface area contributed by atoms with Gasteiger partial charge in [0.2, 0.25) is 0 Å². The zero-order chi connectivity index (χ0) is 16.0. The molecule has 7 heteroatoms. The van der Waals surface area contributed by atoms with Crippen molar-refractivity contribution in [3.8, 4) is 0 Å². The minimum Gasteiger partial charge on any atom is -0.385 e. The van der Waals surface area contributed by atoms with Crippen molar-refractivity contribution >= 4 is 41.3 Å². The first-order chi connectivity index (χ1) is 10.6. The van der Waals surface area contributed by atoms with E-state index in [2.05, 4.69) is 34.5 Å². The summed E-state index contributed by atoms with van der Waals surface area (Å²) < 4.78 is 5.24. The smallest absolute Gasteiger partial charge is 0.191 e. The first-order valence-corrected chi connectivity index (χ1v) is 8.76. The largest absolute Gasteiger partial charge is 0.385 e. The Bertz CT molecular complexity index is 495. The second-order valence-corrected chi connectivity index (χ2v) is 7.41. The van der Waals surface area contributed by atoms with Crippen LogP contribution in [-0.4, -0.2) is 38.3 Å². The molecule has 1 fully saturated rings. The van der Waals surface area contributed by atoms with Crippen LogP contribution in [0.2, 0.25) is 0 Å². The van der Waals surface area contributed by atoms with Gasteiger partial charge in [0.1, 0.15) is 5.01 Å². The van der Waals surface area contributed by atoms with Crippen LogP contribution in [-0.2, 0) is 11.3 Å². The maximum Gasteiger partial charge on any atom is 0.191 e. The first kappa shape index (κ1) is 20.6. The number of aryl methyl sites for hydroxylation is 2. The Morgan fingerprint density at radius 1 is 1.35 bits per heavy atom. The van der Waals surface area contributed by atoms with Crippen LogP contribution in [0.1, 0.15) is 41.3 Å². The summed E-state index contributed by atoms with van der Waals surface area (Å²) in [5.41, 5.74) is 1.51. The highest BCUT2D eigenvalue weighted by Crippen LogP contribution is 2.43. The Hall–Kier alpha value is -0.410. The number of nitrogens with one attached hydrogen (secondary N) is 2. The Morgan fingerprint density at radius 3 is 2.57 bits per heavy atom. The van der Waals surface area contributed by atoms with Gasteiger partial charge in [0.25, 0.3) is 0 Å². The summed E-state index contributed by atoms with van der Waals surface area (Å²) in [6.07, 6.45) is 5.02. The number of hydrogen-bond donors (Lipinski definition) is 2. The lowest BCUT2D eigenvalue weighted by atomic mass is 9.67. The number of aromatic nitrogens is 1. The summed E-state index contributed by atoms with van der Waals surface area (Å²) in [6.45, 7) is 6.69. The minimum atomic E-state index is 0. The molecule has 1 aliphatic carbocycles. The molecule has 1 aliphatic rings. The molecule has 0 unspecified atom stereocenters. The third kappa shape index (κ3) is 5.86. The summed E-state index contributed by atoms with van der Waals surface area (Å²) in [6, 6.07) is 0. The van der Waals surface area contributed by atoms with Gasteiger partial charge in [-0.15, -0.1) is 35.3 Å². The fourth-order valence-corrected chi connectivity index (χ4v) is 3.65. The molecule has 0 amide bonds. The van der Waals surface area contributed by atoms with Gasteiger partial charge in [-0.1, -0.05) is 6.42 Å². The van der Waals surface area contributed by atoms with Crippen molar-refractivity contribution in [2.24, 2.45) is 10.4 Å². The highest BCUT2D eigenvalue weighted by Gasteiger charge is 2.36. The van der Waals surface area contributed by atoms with Gasteiger partial charge in [0.15, 0.2) is 5.96 Å². The molecule has 5 nitrogen and oxygen atoms in total. The number of rotatable bonds is 7. The lowest BCUT2D eigenvalue weighted by molar-refractivity contribution is 0.0732. The van der Waals surface area contributed by atoms with E-state index in [0.717, 1.165) is 42.8 Å². The molecule has 1 aromatic heterocycles. The molecule has 1 saturated carbocycles. The summed E-state index contributed by atoms with van der Waals surface area (Å²) in [5, 5.41) is 7.94. The molecule has 0 aromatic carbocycles. The lowest BCUT2D eigenvalue weighted by Crippen LogP contribution is -2.46. The average molecular weight is 452 g/mol. The topological polar surface area (TPSA) is 58.5 Å². The van der Waals surface area contributed by atoms with Crippen LogP contribution in [0, 0.1) is 19.3 Å². The van der Waals surface area contributed by atoms with Crippen molar-refractivity contribution in [2.75, 3.05) is 27.3 Å². The van der Waals surface area contributed by atoms with Crippen LogP contribution in [0.3, 0.4) is 0 Å². The van der Waals surface area contributed by atoms with E-state index < -0.39 is 0 Å². The molecule has 0 atom stereocenters. The highest BCUT2D eigenvalue weighted by molar-refractivity contribution is 14.0. The Morgan fingerprint density at radius 2 is 2.09 bits per heavy atom. The van der Waals surface area contributed by atoms with Crippen LogP contribution in [0.15, 0.2) is 4.99 Å². The molecule has 0 aliphatic heterocycles. The third-order valence-electron chi connectivity index (χ3n) is 4.59. The van der Waals surface area contributed by atoms with Crippen LogP contribution in [0.5, 0.6) is 0 Å². The molecule has 132 valence electrons. The number of aliphatic imine (C=N–C) groups is 1. The van der Waals surface area contributed by atoms with E-state index in [1.165, 1.54) is 24.1 Å². The Kier molecular flexibility index (Phi) is 8.78. The van der Waals surface area contributed by atoms with Gasteiger partial charge in [-0.2, -0.15) is 0 Å². The van der Waals surface area contributed by atoms with Crippen molar-refractivity contribution in [1.29, 1.82) is 0 Å². The van der Waals surface area contributed by atoms with E-state index in [1.54, 1.807) is 18.4 Å². The number of methoxy groups -OCH3 is 1. The van der Waals surface area contributed by atoms with Gasteiger partial charge in [0, 0.05) is 32.2 Å². The monoisotopic (exact) mass is 452 g/mol. The predicted octanol–water partition coefficient (Wildman–Crippen LogP) is 3.25. The molecule has 2 rings (SSSR count). The van der Waals surface area contributed by atoms with Crippen LogP contribution >= 0.6 is 35.3 Å². The van der Waals surface area contributed by atoms with Crippen molar-refractivity contribution < 1.29 is 4.74 Å². The fourth-order valence-electron chi connectivity index (χ4n) is 2.78.